The van der Waals surface area contributed by atoms with Crippen LogP contribution in [0, 0.1) is 32.4 Å². The van der Waals surface area contributed by atoms with Gasteiger partial charge in [-0.25, -0.2) is 18.7 Å². The molecule has 128 valence electrons. The van der Waals surface area contributed by atoms with Crippen molar-refractivity contribution < 1.29 is 13.6 Å². The van der Waals surface area contributed by atoms with Gasteiger partial charge >= 0.3 is 0 Å². The molecule has 0 unspecified atom stereocenters. The first kappa shape index (κ1) is 17.2. The average Bonchev–Trinajstić information content (AvgIpc) is 2.97. The van der Waals surface area contributed by atoms with E-state index in [0.29, 0.717) is 28.2 Å². The summed E-state index contributed by atoms with van der Waals surface area (Å²) in [5.74, 6) is -1.78. The number of anilines is 1. The number of hydrogen-bond acceptors (Lipinski definition) is 4. The molecule has 0 aliphatic rings. The fourth-order valence-corrected chi connectivity index (χ4v) is 3.06. The van der Waals surface area contributed by atoms with Gasteiger partial charge in [0.05, 0.1) is 5.01 Å². The molecule has 0 saturated heterocycles. The van der Waals surface area contributed by atoms with Crippen LogP contribution >= 0.6 is 11.3 Å². The summed E-state index contributed by atoms with van der Waals surface area (Å²) in [4.78, 5) is 21.1. The monoisotopic (exact) mass is 359 g/mol. The molecule has 4 nitrogen and oxygen atoms in total. The molecule has 0 saturated carbocycles. The van der Waals surface area contributed by atoms with Crippen molar-refractivity contribution in [3.8, 4) is 11.1 Å². The molecule has 2 heterocycles. The number of carbonyl (C=O) groups is 1. The minimum atomic E-state index is -0.935. The quantitative estimate of drug-likeness (QED) is 0.740. The highest BCUT2D eigenvalue weighted by molar-refractivity contribution is 7.09. The van der Waals surface area contributed by atoms with Gasteiger partial charge in [0, 0.05) is 11.1 Å². The number of halogens is 2. The molecule has 1 amide bonds. The zero-order valence-corrected chi connectivity index (χ0v) is 14.7. The minimum absolute atomic E-state index is 0.227. The number of rotatable bonds is 3. The molecule has 3 aromatic rings. The van der Waals surface area contributed by atoms with E-state index in [1.807, 2.05) is 6.92 Å². The third-order valence-electron chi connectivity index (χ3n) is 3.71. The van der Waals surface area contributed by atoms with E-state index < -0.39 is 17.5 Å². The average molecular weight is 359 g/mol. The first-order valence-corrected chi connectivity index (χ1v) is 8.40. The van der Waals surface area contributed by atoms with Gasteiger partial charge in [0.1, 0.15) is 11.5 Å². The van der Waals surface area contributed by atoms with E-state index in [-0.39, 0.29) is 5.69 Å². The van der Waals surface area contributed by atoms with E-state index in [1.54, 1.807) is 25.3 Å². The van der Waals surface area contributed by atoms with Crippen molar-refractivity contribution >= 4 is 23.1 Å². The zero-order chi connectivity index (χ0) is 18.1. The maximum Gasteiger partial charge on any atom is 0.275 e. The zero-order valence-electron chi connectivity index (χ0n) is 13.9. The number of aryl methyl sites for hydroxylation is 2. The Balaban J connectivity index is 2.02. The van der Waals surface area contributed by atoms with Crippen LogP contribution in [-0.2, 0) is 0 Å². The van der Waals surface area contributed by atoms with Crippen molar-refractivity contribution in [3.63, 3.8) is 0 Å². The molecular formula is C18H15F2N3OS. The normalized spacial score (nSPS) is 10.8. The van der Waals surface area contributed by atoms with Gasteiger partial charge in [0.25, 0.3) is 5.91 Å². The van der Waals surface area contributed by atoms with Gasteiger partial charge < -0.3 is 5.32 Å². The number of pyridine rings is 1. The van der Waals surface area contributed by atoms with Crippen LogP contribution in [0.25, 0.3) is 11.1 Å². The number of amides is 1. The fourth-order valence-electron chi connectivity index (χ4n) is 2.52. The maximum absolute atomic E-state index is 13.6. The Labute approximate surface area is 147 Å². The Morgan fingerprint density at radius 2 is 1.84 bits per heavy atom. The number of aromatic nitrogens is 2. The van der Waals surface area contributed by atoms with Gasteiger partial charge in [-0.05, 0) is 55.7 Å². The van der Waals surface area contributed by atoms with Crippen molar-refractivity contribution in [2.75, 3.05) is 5.32 Å². The third kappa shape index (κ3) is 3.56. The molecule has 0 aliphatic heterocycles. The molecule has 1 N–H and O–H groups in total. The molecule has 7 heteroatoms. The highest BCUT2D eigenvalue weighted by atomic mass is 32.1. The highest BCUT2D eigenvalue weighted by Crippen LogP contribution is 2.28. The first-order chi connectivity index (χ1) is 11.8. The van der Waals surface area contributed by atoms with Gasteiger partial charge in [-0.3, -0.25) is 4.79 Å². The maximum atomic E-state index is 13.6. The molecule has 0 radical (unpaired) electrons. The Morgan fingerprint density at radius 3 is 2.48 bits per heavy atom. The minimum Gasteiger partial charge on any atom is -0.304 e. The van der Waals surface area contributed by atoms with E-state index in [1.165, 1.54) is 17.4 Å². The molecule has 0 fully saturated rings. The smallest absolute Gasteiger partial charge is 0.275 e. The number of thiazole rings is 1. The summed E-state index contributed by atoms with van der Waals surface area (Å²) < 4.78 is 26.8. The Morgan fingerprint density at radius 1 is 1.08 bits per heavy atom. The molecule has 0 bridgehead atoms. The molecule has 3 rings (SSSR count). The molecular weight excluding hydrogens is 344 g/mol. The van der Waals surface area contributed by atoms with Crippen LogP contribution in [0.1, 0.15) is 26.8 Å². The molecule has 2 aromatic heterocycles. The second-order valence-electron chi connectivity index (χ2n) is 5.62. The Hall–Kier alpha value is -2.67. The summed E-state index contributed by atoms with van der Waals surface area (Å²) in [6.07, 6.45) is 0. The van der Waals surface area contributed by atoms with Gasteiger partial charge in [-0.1, -0.05) is 6.07 Å². The molecule has 25 heavy (non-hydrogen) atoms. The number of hydrogen-bond donors (Lipinski definition) is 1. The van der Waals surface area contributed by atoms with E-state index in [2.05, 4.69) is 15.3 Å². The summed E-state index contributed by atoms with van der Waals surface area (Å²) in [6, 6.07) is 5.40. The van der Waals surface area contributed by atoms with Crippen molar-refractivity contribution in [1.29, 1.82) is 0 Å². The summed E-state index contributed by atoms with van der Waals surface area (Å²) in [7, 11) is 0. The van der Waals surface area contributed by atoms with Crippen LogP contribution in [0.5, 0.6) is 0 Å². The lowest BCUT2D eigenvalue weighted by Crippen LogP contribution is -2.16. The van der Waals surface area contributed by atoms with Crippen LogP contribution in [0.15, 0.2) is 29.6 Å². The highest BCUT2D eigenvalue weighted by Gasteiger charge is 2.17. The largest absolute Gasteiger partial charge is 0.304 e. The Kier molecular flexibility index (Phi) is 4.59. The van der Waals surface area contributed by atoms with Crippen LogP contribution in [-0.4, -0.2) is 15.9 Å². The third-order valence-corrected chi connectivity index (χ3v) is 4.48. The summed E-state index contributed by atoms with van der Waals surface area (Å²) in [5, 5.41) is 5.29. The summed E-state index contributed by atoms with van der Waals surface area (Å²) in [6.45, 7) is 5.31. The fraction of sp³-hybridized carbons (Fsp3) is 0.167. The number of benzene rings is 1. The van der Waals surface area contributed by atoms with E-state index in [4.69, 9.17) is 0 Å². The van der Waals surface area contributed by atoms with E-state index in [9.17, 15) is 13.6 Å². The predicted octanol–water partition coefficient (Wildman–Crippen LogP) is 4.66. The van der Waals surface area contributed by atoms with Crippen LogP contribution < -0.4 is 5.32 Å². The van der Waals surface area contributed by atoms with E-state index in [0.717, 1.165) is 17.1 Å². The number of nitrogens with zero attached hydrogens (tertiary/aromatic N) is 2. The van der Waals surface area contributed by atoms with Crippen molar-refractivity contribution in [2.45, 2.75) is 20.8 Å². The second-order valence-corrected chi connectivity index (χ2v) is 6.68. The first-order valence-electron chi connectivity index (χ1n) is 7.52. The number of carbonyl (C=O) groups excluding carboxylic acids is 1. The summed E-state index contributed by atoms with van der Waals surface area (Å²) in [5.41, 5.74) is 2.53. The van der Waals surface area contributed by atoms with Crippen LogP contribution in [0.2, 0.25) is 0 Å². The lowest BCUT2D eigenvalue weighted by Gasteiger charge is -2.12. The van der Waals surface area contributed by atoms with Gasteiger partial charge in [-0.15, -0.1) is 11.3 Å². The number of nitrogens with one attached hydrogen (secondary N) is 1. The SMILES string of the molecule is Cc1cc(-c2ccc(F)c(F)c2)c(C)c(C(=O)Nc2csc(C)n2)n1. The van der Waals surface area contributed by atoms with Gasteiger partial charge in [-0.2, -0.15) is 0 Å². The van der Waals surface area contributed by atoms with Crippen LogP contribution in [0.4, 0.5) is 14.6 Å². The Bertz CT molecular complexity index is 969. The standard InChI is InChI=1S/C18H15F2N3OS/c1-9-6-13(12-4-5-14(19)15(20)7-12)10(2)17(21-9)18(24)23-16-8-25-11(3)22-16/h4-8H,1-3H3,(H,23,24). The van der Waals surface area contributed by atoms with Crippen molar-refractivity contribution in [1.82, 2.24) is 9.97 Å². The lowest BCUT2D eigenvalue weighted by molar-refractivity contribution is 0.102. The lowest BCUT2D eigenvalue weighted by atomic mass is 9.98. The molecule has 1 aromatic carbocycles. The molecule has 0 aliphatic carbocycles. The van der Waals surface area contributed by atoms with Gasteiger partial charge in [0.15, 0.2) is 11.6 Å². The topological polar surface area (TPSA) is 54.9 Å². The predicted molar refractivity (Wildman–Crippen MR) is 93.9 cm³/mol. The van der Waals surface area contributed by atoms with Crippen molar-refractivity contribution in [2.24, 2.45) is 0 Å². The molecule has 0 atom stereocenters. The van der Waals surface area contributed by atoms with Crippen LogP contribution in [0.3, 0.4) is 0 Å². The second kappa shape index (κ2) is 6.68. The van der Waals surface area contributed by atoms with Crippen molar-refractivity contribution in [3.05, 3.63) is 63.2 Å². The van der Waals surface area contributed by atoms with E-state index >= 15 is 0 Å². The molecule has 0 spiro atoms. The summed E-state index contributed by atoms with van der Waals surface area (Å²) >= 11 is 1.43. The van der Waals surface area contributed by atoms with Gasteiger partial charge in [0.2, 0.25) is 0 Å².